The zero-order chi connectivity index (χ0) is 11.7. The van der Waals surface area contributed by atoms with Gasteiger partial charge in [-0.2, -0.15) is 0 Å². The largest absolute Gasteiger partial charge is 0.374 e. The molecule has 1 aromatic heterocycles. The van der Waals surface area contributed by atoms with Gasteiger partial charge in [-0.25, -0.2) is 0 Å². The third-order valence-electron chi connectivity index (χ3n) is 3.29. The second-order valence-corrected chi connectivity index (χ2v) is 4.37. The van der Waals surface area contributed by atoms with E-state index in [2.05, 4.69) is 30.3 Å². The first-order valence-corrected chi connectivity index (χ1v) is 6.00. The zero-order valence-electron chi connectivity index (χ0n) is 9.85. The second kappa shape index (κ2) is 4.34. The lowest BCUT2D eigenvalue weighted by molar-refractivity contribution is 0.0699. The zero-order valence-corrected chi connectivity index (χ0v) is 9.85. The molecule has 0 spiro atoms. The first kappa shape index (κ1) is 10.5. The first-order valence-electron chi connectivity index (χ1n) is 6.00. The van der Waals surface area contributed by atoms with Crippen LogP contribution in [0.25, 0.3) is 11.3 Å². The fourth-order valence-corrected chi connectivity index (χ4v) is 2.45. The van der Waals surface area contributed by atoms with Crippen molar-refractivity contribution in [1.29, 1.82) is 0 Å². The van der Waals surface area contributed by atoms with Crippen molar-refractivity contribution in [3.05, 3.63) is 41.6 Å². The van der Waals surface area contributed by atoms with Crippen molar-refractivity contribution in [2.24, 2.45) is 0 Å². The van der Waals surface area contributed by atoms with Gasteiger partial charge in [-0.1, -0.05) is 23.4 Å². The molecule has 0 amide bonds. The number of hydrogen-bond donors (Lipinski definition) is 0. The summed E-state index contributed by atoms with van der Waals surface area (Å²) in [4.78, 5) is 0. The molecule has 0 N–H and O–H groups in total. The summed E-state index contributed by atoms with van der Waals surface area (Å²) in [5, 5.41) is 3.78. The van der Waals surface area contributed by atoms with Gasteiger partial charge in [-0.3, -0.25) is 0 Å². The monoisotopic (exact) mass is 229 g/mol. The highest BCUT2D eigenvalue weighted by Gasteiger charge is 2.19. The van der Waals surface area contributed by atoms with Crippen molar-refractivity contribution in [3.8, 4) is 11.3 Å². The summed E-state index contributed by atoms with van der Waals surface area (Å²) in [7, 11) is 0. The van der Waals surface area contributed by atoms with Crippen LogP contribution in [0, 0.1) is 0 Å². The lowest BCUT2D eigenvalue weighted by atomic mass is 9.94. The van der Waals surface area contributed by atoms with Crippen LogP contribution >= 0.6 is 0 Å². The third-order valence-corrected chi connectivity index (χ3v) is 3.29. The minimum absolute atomic E-state index is 0.162. The number of aromatic nitrogens is 1. The summed E-state index contributed by atoms with van der Waals surface area (Å²) in [6.45, 7) is 2.93. The smallest absolute Gasteiger partial charge is 0.167 e. The molecule has 0 fully saturated rings. The predicted molar refractivity (Wildman–Crippen MR) is 64.6 cm³/mol. The van der Waals surface area contributed by atoms with Crippen LogP contribution in [-0.2, 0) is 11.2 Å². The fourth-order valence-electron chi connectivity index (χ4n) is 2.45. The van der Waals surface area contributed by atoms with Gasteiger partial charge in [0.05, 0.1) is 12.3 Å². The number of fused-ring (bicyclic) bond motifs is 1. The van der Waals surface area contributed by atoms with E-state index in [1.54, 1.807) is 6.20 Å². The van der Waals surface area contributed by atoms with Crippen molar-refractivity contribution >= 4 is 0 Å². The number of rotatable bonds is 1. The van der Waals surface area contributed by atoms with Gasteiger partial charge < -0.3 is 9.26 Å². The summed E-state index contributed by atoms with van der Waals surface area (Å²) in [6, 6.07) is 8.20. The van der Waals surface area contributed by atoms with E-state index in [0.29, 0.717) is 0 Å². The normalized spacial score (nSPS) is 19.7. The van der Waals surface area contributed by atoms with Gasteiger partial charge in [0.25, 0.3) is 0 Å². The molecule has 1 aliphatic heterocycles. The Morgan fingerprint density at radius 2 is 2.24 bits per heavy atom. The molecule has 3 nitrogen and oxygen atoms in total. The Balaban J connectivity index is 2.15. The number of benzene rings is 1. The molecule has 2 heterocycles. The molecule has 1 aromatic carbocycles. The van der Waals surface area contributed by atoms with Crippen molar-refractivity contribution < 1.29 is 9.26 Å². The standard InChI is InChI=1S/C14H15NO2/c1-10-11-4-2-5-13(14-7-8-15-17-14)12(11)6-3-9-16-10/h2,4-5,7-8,10H,3,6,9H2,1H3/t10-/m1/s1. The number of ether oxygens (including phenoxy) is 1. The fraction of sp³-hybridized carbons (Fsp3) is 0.357. The highest BCUT2D eigenvalue weighted by molar-refractivity contribution is 5.64. The molecular formula is C14H15NO2. The molecule has 0 saturated carbocycles. The molecule has 3 rings (SSSR count). The van der Waals surface area contributed by atoms with Crippen LogP contribution in [-0.4, -0.2) is 11.8 Å². The Kier molecular flexibility index (Phi) is 2.69. The van der Waals surface area contributed by atoms with E-state index in [0.717, 1.165) is 30.8 Å². The average Bonchev–Trinajstić information content (AvgIpc) is 2.81. The Morgan fingerprint density at radius 1 is 1.29 bits per heavy atom. The SMILES string of the molecule is C[C@H]1OCCCc2c(-c3ccno3)cccc21. The highest BCUT2D eigenvalue weighted by atomic mass is 16.5. The predicted octanol–water partition coefficient (Wildman–Crippen LogP) is 3.37. The minimum atomic E-state index is 0.162. The van der Waals surface area contributed by atoms with Crippen LogP contribution in [0.5, 0.6) is 0 Å². The molecule has 0 aliphatic carbocycles. The van der Waals surface area contributed by atoms with Gasteiger partial charge in [-0.15, -0.1) is 0 Å². The van der Waals surface area contributed by atoms with E-state index in [4.69, 9.17) is 9.26 Å². The van der Waals surface area contributed by atoms with Gasteiger partial charge in [0.15, 0.2) is 5.76 Å². The van der Waals surface area contributed by atoms with E-state index in [1.165, 1.54) is 11.1 Å². The maximum absolute atomic E-state index is 5.76. The summed E-state index contributed by atoms with van der Waals surface area (Å²) in [6.07, 6.45) is 3.94. The van der Waals surface area contributed by atoms with E-state index < -0.39 is 0 Å². The summed E-state index contributed by atoms with van der Waals surface area (Å²) in [5.74, 6) is 0.843. The van der Waals surface area contributed by atoms with E-state index in [1.807, 2.05) is 6.07 Å². The van der Waals surface area contributed by atoms with Gasteiger partial charge in [0, 0.05) is 18.2 Å². The quantitative estimate of drug-likeness (QED) is 0.752. The second-order valence-electron chi connectivity index (χ2n) is 4.37. The lowest BCUT2D eigenvalue weighted by Crippen LogP contribution is -2.00. The van der Waals surface area contributed by atoms with Crippen LogP contribution in [0.3, 0.4) is 0 Å². The molecule has 17 heavy (non-hydrogen) atoms. The van der Waals surface area contributed by atoms with Gasteiger partial charge in [-0.05, 0) is 30.9 Å². The van der Waals surface area contributed by atoms with Gasteiger partial charge in [0.1, 0.15) is 0 Å². The van der Waals surface area contributed by atoms with Gasteiger partial charge >= 0.3 is 0 Å². The van der Waals surface area contributed by atoms with E-state index >= 15 is 0 Å². The molecule has 3 heteroatoms. The topological polar surface area (TPSA) is 35.3 Å². The minimum Gasteiger partial charge on any atom is -0.374 e. The highest BCUT2D eigenvalue weighted by Crippen LogP contribution is 2.33. The molecule has 1 aliphatic rings. The summed E-state index contributed by atoms with van der Waals surface area (Å²) >= 11 is 0. The van der Waals surface area contributed by atoms with Crippen molar-refractivity contribution in [1.82, 2.24) is 5.16 Å². The van der Waals surface area contributed by atoms with Crippen molar-refractivity contribution in [2.75, 3.05) is 6.61 Å². The molecule has 1 atom stereocenters. The number of hydrogen-bond acceptors (Lipinski definition) is 3. The van der Waals surface area contributed by atoms with Crippen molar-refractivity contribution in [2.45, 2.75) is 25.9 Å². The maximum atomic E-state index is 5.76. The average molecular weight is 229 g/mol. The molecule has 0 bridgehead atoms. The Bertz CT molecular complexity index is 505. The summed E-state index contributed by atoms with van der Waals surface area (Å²) in [5.41, 5.74) is 3.77. The third kappa shape index (κ3) is 1.87. The van der Waals surface area contributed by atoms with E-state index in [9.17, 15) is 0 Å². The van der Waals surface area contributed by atoms with Gasteiger partial charge in [0.2, 0.25) is 0 Å². The molecule has 88 valence electrons. The van der Waals surface area contributed by atoms with Crippen molar-refractivity contribution in [3.63, 3.8) is 0 Å². The van der Waals surface area contributed by atoms with Crippen LogP contribution in [0.4, 0.5) is 0 Å². The summed E-state index contributed by atoms with van der Waals surface area (Å²) < 4.78 is 11.0. The number of nitrogens with zero attached hydrogens (tertiary/aromatic N) is 1. The van der Waals surface area contributed by atoms with Crippen LogP contribution in [0.15, 0.2) is 35.0 Å². The van der Waals surface area contributed by atoms with E-state index in [-0.39, 0.29) is 6.10 Å². The Hall–Kier alpha value is -1.61. The molecular weight excluding hydrogens is 214 g/mol. The van der Waals surface area contributed by atoms with Crippen LogP contribution in [0.2, 0.25) is 0 Å². The molecule has 2 aromatic rings. The molecule has 0 saturated heterocycles. The van der Waals surface area contributed by atoms with Crippen LogP contribution < -0.4 is 0 Å². The first-order chi connectivity index (χ1) is 8.36. The maximum Gasteiger partial charge on any atom is 0.167 e. The van der Waals surface area contributed by atoms with Crippen LogP contribution in [0.1, 0.15) is 30.6 Å². The Morgan fingerprint density at radius 3 is 3.06 bits per heavy atom. The molecule has 0 radical (unpaired) electrons. The Labute approximate surface area is 100 Å². The molecule has 0 unspecified atom stereocenters. The lowest BCUT2D eigenvalue weighted by Gasteiger charge is -2.14.